The Labute approximate surface area is 113 Å². The van der Waals surface area contributed by atoms with Gasteiger partial charge in [0, 0.05) is 25.0 Å². The van der Waals surface area contributed by atoms with E-state index in [2.05, 4.69) is 18.7 Å². The lowest BCUT2D eigenvalue weighted by atomic mass is 10.1. The number of alkyl halides is 1. The Morgan fingerprint density at radius 3 is 2.33 bits per heavy atom. The molecule has 0 aliphatic heterocycles. The van der Waals surface area contributed by atoms with Crippen molar-refractivity contribution >= 4 is 11.6 Å². The molecule has 0 atom stereocenters. The zero-order valence-electron chi connectivity index (χ0n) is 10.9. The third kappa shape index (κ3) is 4.21. The molecule has 0 spiro atoms. The summed E-state index contributed by atoms with van der Waals surface area (Å²) in [4.78, 5) is 2.22. The fraction of sp³-hybridized carbons (Fsp3) is 0.571. The lowest BCUT2D eigenvalue weighted by Gasteiger charge is -2.29. The Morgan fingerprint density at radius 1 is 1.17 bits per heavy atom. The third-order valence-corrected chi connectivity index (χ3v) is 3.37. The van der Waals surface area contributed by atoms with Crippen LogP contribution in [0.3, 0.4) is 0 Å². The highest BCUT2D eigenvalue weighted by molar-refractivity contribution is 6.18. The van der Waals surface area contributed by atoms with Crippen LogP contribution in [-0.4, -0.2) is 23.4 Å². The molecule has 0 N–H and O–H groups in total. The molecule has 0 fully saturated rings. The van der Waals surface area contributed by atoms with Crippen molar-refractivity contribution in [3.05, 3.63) is 35.4 Å². The van der Waals surface area contributed by atoms with Crippen molar-refractivity contribution in [1.29, 1.82) is 0 Å². The van der Waals surface area contributed by atoms with Gasteiger partial charge in [-0.3, -0.25) is 4.90 Å². The summed E-state index contributed by atoms with van der Waals surface area (Å²) in [6, 6.07) is 4.49. The Bertz CT molecular complexity index is 367. The molecule has 0 saturated heterocycles. The summed E-state index contributed by atoms with van der Waals surface area (Å²) < 4.78 is 26.0. The first-order valence-electron chi connectivity index (χ1n) is 6.36. The third-order valence-electron chi connectivity index (χ3n) is 3.20. The number of rotatable bonds is 7. The molecule has 1 aromatic rings. The molecule has 18 heavy (non-hydrogen) atoms. The van der Waals surface area contributed by atoms with Crippen LogP contribution in [0.1, 0.15) is 32.3 Å². The standard InChI is InChI=1S/C14H20ClF2N/c1-3-12(4-2)18(8-7-15)10-11-5-6-13(16)14(17)9-11/h5-6,9,12H,3-4,7-8,10H2,1-2H3. The van der Waals surface area contributed by atoms with Gasteiger partial charge in [-0.2, -0.15) is 0 Å². The summed E-state index contributed by atoms with van der Waals surface area (Å²) in [5.74, 6) is -1.05. The van der Waals surface area contributed by atoms with Crippen molar-refractivity contribution in [3.8, 4) is 0 Å². The largest absolute Gasteiger partial charge is 0.295 e. The van der Waals surface area contributed by atoms with Crippen molar-refractivity contribution in [2.45, 2.75) is 39.3 Å². The molecular formula is C14H20ClF2N. The molecule has 1 aromatic carbocycles. The first kappa shape index (κ1) is 15.4. The highest BCUT2D eigenvalue weighted by atomic mass is 35.5. The van der Waals surface area contributed by atoms with Gasteiger partial charge in [-0.15, -0.1) is 11.6 Å². The number of benzene rings is 1. The van der Waals surface area contributed by atoms with Gasteiger partial charge in [0.25, 0.3) is 0 Å². The Morgan fingerprint density at radius 2 is 1.83 bits per heavy atom. The minimum absolute atomic E-state index is 0.428. The number of nitrogens with zero attached hydrogens (tertiary/aromatic N) is 1. The van der Waals surface area contributed by atoms with Crippen molar-refractivity contribution < 1.29 is 8.78 Å². The van der Waals surface area contributed by atoms with E-state index in [4.69, 9.17) is 11.6 Å². The van der Waals surface area contributed by atoms with E-state index in [9.17, 15) is 8.78 Å². The second-order valence-electron chi connectivity index (χ2n) is 4.38. The van der Waals surface area contributed by atoms with Gasteiger partial charge in [-0.25, -0.2) is 8.78 Å². The summed E-state index contributed by atoms with van der Waals surface area (Å²) in [6.07, 6.45) is 2.05. The van der Waals surface area contributed by atoms with Crippen molar-refractivity contribution in [2.75, 3.05) is 12.4 Å². The number of hydrogen-bond acceptors (Lipinski definition) is 1. The van der Waals surface area contributed by atoms with Crippen LogP contribution in [0.15, 0.2) is 18.2 Å². The molecule has 0 unspecified atom stereocenters. The maximum atomic E-state index is 13.2. The predicted octanol–water partition coefficient (Wildman–Crippen LogP) is 4.19. The first-order chi connectivity index (χ1) is 8.62. The van der Waals surface area contributed by atoms with Crippen molar-refractivity contribution in [1.82, 2.24) is 4.90 Å². The maximum absolute atomic E-state index is 13.2. The van der Waals surface area contributed by atoms with Gasteiger partial charge in [0.05, 0.1) is 0 Å². The molecule has 0 saturated carbocycles. The van der Waals surface area contributed by atoms with E-state index < -0.39 is 11.6 Å². The first-order valence-corrected chi connectivity index (χ1v) is 6.89. The molecule has 1 rings (SSSR count). The van der Waals surface area contributed by atoms with Crippen LogP contribution in [0.5, 0.6) is 0 Å². The monoisotopic (exact) mass is 275 g/mol. The molecule has 0 amide bonds. The number of halogens is 3. The SMILES string of the molecule is CCC(CC)N(CCCl)Cc1ccc(F)c(F)c1. The van der Waals surface area contributed by atoms with Gasteiger partial charge < -0.3 is 0 Å². The Kier molecular flexibility index (Phi) is 6.58. The van der Waals surface area contributed by atoms with E-state index in [0.717, 1.165) is 24.9 Å². The molecular weight excluding hydrogens is 256 g/mol. The van der Waals surface area contributed by atoms with E-state index in [1.54, 1.807) is 6.07 Å². The van der Waals surface area contributed by atoms with Gasteiger partial charge in [-0.05, 0) is 30.5 Å². The molecule has 0 heterocycles. The van der Waals surface area contributed by atoms with E-state index >= 15 is 0 Å². The zero-order chi connectivity index (χ0) is 13.5. The second-order valence-corrected chi connectivity index (χ2v) is 4.76. The smallest absolute Gasteiger partial charge is 0.159 e. The van der Waals surface area contributed by atoms with Gasteiger partial charge >= 0.3 is 0 Å². The van der Waals surface area contributed by atoms with Crippen LogP contribution < -0.4 is 0 Å². The highest BCUT2D eigenvalue weighted by Gasteiger charge is 2.15. The quantitative estimate of drug-likeness (QED) is 0.674. The lowest BCUT2D eigenvalue weighted by Crippen LogP contribution is -2.35. The molecule has 0 aliphatic carbocycles. The maximum Gasteiger partial charge on any atom is 0.159 e. The highest BCUT2D eigenvalue weighted by Crippen LogP contribution is 2.15. The molecule has 1 nitrogen and oxygen atoms in total. The van der Waals surface area contributed by atoms with Gasteiger partial charge in [0.2, 0.25) is 0 Å². The minimum Gasteiger partial charge on any atom is -0.295 e. The van der Waals surface area contributed by atoms with E-state index in [1.807, 2.05) is 0 Å². The van der Waals surface area contributed by atoms with E-state index in [0.29, 0.717) is 18.5 Å². The average Bonchev–Trinajstić information content (AvgIpc) is 2.35. The van der Waals surface area contributed by atoms with Crippen LogP contribution in [-0.2, 0) is 6.54 Å². The minimum atomic E-state index is -0.801. The second kappa shape index (κ2) is 7.70. The zero-order valence-corrected chi connectivity index (χ0v) is 11.7. The van der Waals surface area contributed by atoms with Gasteiger partial charge in [-0.1, -0.05) is 19.9 Å². The topological polar surface area (TPSA) is 3.24 Å². The lowest BCUT2D eigenvalue weighted by molar-refractivity contribution is 0.188. The van der Waals surface area contributed by atoms with Crippen LogP contribution in [0.25, 0.3) is 0 Å². The molecule has 0 aliphatic rings. The van der Waals surface area contributed by atoms with Crippen LogP contribution >= 0.6 is 11.6 Å². The number of hydrogen-bond donors (Lipinski definition) is 0. The van der Waals surface area contributed by atoms with Gasteiger partial charge in [0.1, 0.15) is 0 Å². The molecule has 0 radical (unpaired) electrons. The molecule has 0 bridgehead atoms. The average molecular weight is 276 g/mol. The fourth-order valence-corrected chi connectivity index (χ4v) is 2.39. The predicted molar refractivity (Wildman–Crippen MR) is 71.9 cm³/mol. The summed E-state index contributed by atoms with van der Waals surface area (Å²) in [6.45, 7) is 5.62. The summed E-state index contributed by atoms with van der Waals surface area (Å²) in [5, 5.41) is 0. The van der Waals surface area contributed by atoms with Crippen molar-refractivity contribution in [2.24, 2.45) is 0 Å². The van der Waals surface area contributed by atoms with Crippen LogP contribution in [0, 0.1) is 11.6 Å². The molecule has 4 heteroatoms. The summed E-state index contributed by atoms with van der Waals surface area (Å²) in [7, 11) is 0. The Hall–Kier alpha value is -0.670. The van der Waals surface area contributed by atoms with E-state index in [1.165, 1.54) is 12.1 Å². The molecule has 0 aromatic heterocycles. The van der Waals surface area contributed by atoms with Crippen LogP contribution in [0.2, 0.25) is 0 Å². The van der Waals surface area contributed by atoms with Crippen molar-refractivity contribution in [3.63, 3.8) is 0 Å². The Balaban J connectivity index is 2.78. The molecule has 102 valence electrons. The fourth-order valence-electron chi connectivity index (χ4n) is 2.18. The summed E-state index contributed by atoms with van der Waals surface area (Å²) >= 11 is 5.80. The summed E-state index contributed by atoms with van der Waals surface area (Å²) in [5.41, 5.74) is 0.783. The van der Waals surface area contributed by atoms with E-state index in [-0.39, 0.29) is 0 Å². The van der Waals surface area contributed by atoms with Crippen LogP contribution in [0.4, 0.5) is 8.78 Å². The van der Waals surface area contributed by atoms with Gasteiger partial charge in [0.15, 0.2) is 11.6 Å². The normalized spacial score (nSPS) is 11.5.